The van der Waals surface area contributed by atoms with E-state index >= 15 is 0 Å². The number of nitrogens with two attached hydrogens (primary N) is 1. The highest BCUT2D eigenvalue weighted by Crippen LogP contribution is 2.24. The number of benzene rings is 1. The number of amides is 2. The molecule has 1 aromatic heterocycles. The molecule has 19 heavy (non-hydrogen) atoms. The van der Waals surface area contributed by atoms with Crippen LogP contribution in [0.25, 0.3) is 0 Å². The van der Waals surface area contributed by atoms with Gasteiger partial charge in [-0.1, -0.05) is 0 Å². The lowest BCUT2D eigenvalue weighted by Crippen LogP contribution is -2.31. The summed E-state index contributed by atoms with van der Waals surface area (Å²) in [5, 5.41) is 0. The molecule has 2 N–H and O–H groups in total. The first-order valence-corrected chi connectivity index (χ1v) is 5.95. The number of hydrogen-bond donors (Lipinski definition) is 1. The summed E-state index contributed by atoms with van der Waals surface area (Å²) in [6, 6.07) is 8.36. The summed E-state index contributed by atoms with van der Waals surface area (Å²) < 4.78 is 5.19. The van der Waals surface area contributed by atoms with Gasteiger partial charge >= 0.3 is 0 Å². The van der Waals surface area contributed by atoms with Gasteiger partial charge in [0, 0.05) is 18.7 Å². The van der Waals surface area contributed by atoms with Crippen LogP contribution in [0.5, 0.6) is 0 Å². The smallest absolute Gasteiger partial charge is 0.261 e. The molecule has 0 radical (unpaired) electrons. The fourth-order valence-electron chi connectivity index (χ4n) is 2.19. The molecule has 2 heterocycles. The summed E-state index contributed by atoms with van der Waals surface area (Å²) >= 11 is 0. The maximum atomic E-state index is 12.1. The largest absolute Gasteiger partial charge is 0.469 e. The van der Waals surface area contributed by atoms with E-state index in [1.165, 1.54) is 4.90 Å². The summed E-state index contributed by atoms with van der Waals surface area (Å²) in [4.78, 5) is 25.5. The second-order valence-electron chi connectivity index (χ2n) is 4.40. The molecule has 0 spiro atoms. The third kappa shape index (κ3) is 1.89. The molecule has 1 aromatic carbocycles. The van der Waals surface area contributed by atoms with Crippen molar-refractivity contribution in [3.05, 3.63) is 53.5 Å². The van der Waals surface area contributed by atoms with Crippen LogP contribution in [0.4, 0.5) is 5.69 Å². The molecule has 0 saturated carbocycles. The zero-order valence-electron chi connectivity index (χ0n) is 10.1. The molecule has 96 valence electrons. The molecular weight excluding hydrogens is 244 g/mol. The van der Waals surface area contributed by atoms with E-state index in [2.05, 4.69) is 0 Å². The number of rotatable bonds is 3. The minimum Gasteiger partial charge on any atom is -0.469 e. The number of fused-ring (bicyclic) bond motifs is 1. The van der Waals surface area contributed by atoms with Gasteiger partial charge in [-0.3, -0.25) is 14.5 Å². The number of nitrogen functional groups attached to an aromatic ring is 1. The van der Waals surface area contributed by atoms with Gasteiger partial charge in [-0.15, -0.1) is 0 Å². The topological polar surface area (TPSA) is 76.5 Å². The summed E-state index contributed by atoms with van der Waals surface area (Å²) in [6.07, 6.45) is 2.08. The number of nitrogens with zero attached hydrogens (tertiary/aromatic N) is 1. The number of furan rings is 1. The highest BCUT2D eigenvalue weighted by molar-refractivity contribution is 6.21. The average Bonchev–Trinajstić information content (AvgIpc) is 2.98. The van der Waals surface area contributed by atoms with Crippen molar-refractivity contribution in [2.45, 2.75) is 6.42 Å². The number of hydrogen-bond acceptors (Lipinski definition) is 4. The maximum Gasteiger partial charge on any atom is 0.261 e. The van der Waals surface area contributed by atoms with E-state index in [-0.39, 0.29) is 11.8 Å². The zero-order valence-corrected chi connectivity index (χ0v) is 10.1. The Balaban J connectivity index is 1.82. The molecule has 2 aromatic rings. The van der Waals surface area contributed by atoms with Crippen LogP contribution in [0.2, 0.25) is 0 Å². The lowest BCUT2D eigenvalue weighted by molar-refractivity contribution is 0.0654. The fraction of sp³-hybridized carbons (Fsp3) is 0.143. The van der Waals surface area contributed by atoms with Crippen LogP contribution in [0.1, 0.15) is 26.5 Å². The van der Waals surface area contributed by atoms with E-state index in [4.69, 9.17) is 10.2 Å². The van der Waals surface area contributed by atoms with E-state index < -0.39 is 0 Å². The normalized spacial score (nSPS) is 14.0. The number of anilines is 1. The first kappa shape index (κ1) is 11.5. The Labute approximate surface area is 109 Å². The predicted molar refractivity (Wildman–Crippen MR) is 68.6 cm³/mol. The maximum absolute atomic E-state index is 12.1. The van der Waals surface area contributed by atoms with Crippen LogP contribution in [-0.2, 0) is 6.42 Å². The third-order valence-corrected chi connectivity index (χ3v) is 3.16. The van der Waals surface area contributed by atoms with Crippen molar-refractivity contribution in [2.75, 3.05) is 12.3 Å². The monoisotopic (exact) mass is 256 g/mol. The minimum atomic E-state index is -0.293. The van der Waals surface area contributed by atoms with E-state index in [1.807, 2.05) is 6.07 Å². The SMILES string of the molecule is Nc1ccc2c(c1)C(=O)N(CCc1ccco1)C2=O. The van der Waals surface area contributed by atoms with E-state index in [0.29, 0.717) is 29.8 Å². The molecule has 5 heteroatoms. The van der Waals surface area contributed by atoms with Gasteiger partial charge in [0.05, 0.1) is 17.4 Å². The Hall–Kier alpha value is -2.56. The van der Waals surface area contributed by atoms with Crippen LogP contribution < -0.4 is 5.73 Å². The Kier molecular flexibility index (Phi) is 2.59. The Bertz CT molecular complexity index is 647. The lowest BCUT2D eigenvalue weighted by Gasteiger charge is -2.12. The van der Waals surface area contributed by atoms with Gasteiger partial charge < -0.3 is 10.2 Å². The van der Waals surface area contributed by atoms with Crippen molar-refractivity contribution in [1.82, 2.24) is 4.90 Å². The number of carbonyl (C=O) groups excluding carboxylic acids is 2. The van der Waals surface area contributed by atoms with Crippen LogP contribution in [0.15, 0.2) is 41.0 Å². The van der Waals surface area contributed by atoms with Crippen molar-refractivity contribution in [3.63, 3.8) is 0 Å². The van der Waals surface area contributed by atoms with Gasteiger partial charge in [0.2, 0.25) is 0 Å². The summed E-state index contributed by atoms with van der Waals surface area (Å²) in [7, 11) is 0. The van der Waals surface area contributed by atoms with Crippen LogP contribution in [0.3, 0.4) is 0 Å². The highest BCUT2D eigenvalue weighted by atomic mass is 16.3. The molecule has 0 atom stereocenters. The molecule has 1 aliphatic rings. The molecule has 3 rings (SSSR count). The third-order valence-electron chi connectivity index (χ3n) is 3.16. The second-order valence-corrected chi connectivity index (χ2v) is 4.40. The molecular formula is C14H12N2O3. The van der Waals surface area contributed by atoms with Gasteiger partial charge in [0.25, 0.3) is 11.8 Å². The lowest BCUT2D eigenvalue weighted by atomic mass is 10.1. The van der Waals surface area contributed by atoms with Crippen LogP contribution >= 0.6 is 0 Å². The van der Waals surface area contributed by atoms with Crippen molar-refractivity contribution < 1.29 is 14.0 Å². The summed E-state index contributed by atoms with van der Waals surface area (Å²) in [5.74, 6) is 0.182. The fourth-order valence-corrected chi connectivity index (χ4v) is 2.19. The summed E-state index contributed by atoms with van der Waals surface area (Å²) in [6.45, 7) is 0.305. The average molecular weight is 256 g/mol. The molecule has 1 aliphatic heterocycles. The predicted octanol–water partition coefficient (Wildman–Crippen LogP) is 1.70. The van der Waals surface area contributed by atoms with Crippen LogP contribution in [-0.4, -0.2) is 23.3 Å². The molecule has 0 bridgehead atoms. The van der Waals surface area contributed by atoms with Crippen molar-refractivity contribution in [1.29, 1.82) is 0 Å². The Morgan fingerprint density at radius 3 is 2.63 bits per heavy atom. The molecule has 0 aliphatic carbocycles. The first-order valence-electron chi connectivity index (χ1n) is 5.95. The molecule has 2 amide bonds. The molecule has 0 unspecified atom stereocenters. The van der Waals surface area contributed by atoms with Gasteiger partial charge in [-0.05, 0) is 30.3 Å². The molecule has 0 fully saturated rings. The zero-order chi connectivity index (χ0) is 13.4. The van der Waals surface area contributed by atoms with Crippen molar-refractivity contribution >= 4 is 17.5 Å². The molecule has 0 saturated heterocycles. The van der Waals surface area contributed by atoms with E-state index in [0.717, 1.165) is 5.76 Å². The van der Waals surface area contributed by atoms with Gasteiger partial charge in [0.1, 0.15) is 5.76 Å². The first-order chi connectivity index (χ1) is 9.16. The second kappa shape index (κ2) is 4.28. The van der Waals surface area contributed by atoms with Gasteiger partial charge in [0.15, 0.2) is 0 Å². The van der Waals surface area contributed by atoms with E-state index in [9.17, 15) is 9.59 Å². The quantitative estimate of drug-likeness (QED) is 0.669. The molecule has 5 nitrogen and oxygen atoms in total. The highest BCUT2D eigenvalue weighted by Gasteiger charge is 2.35. The number of carbonyl (C=O) groups is 2. The standard InChI is InChI=1S/C14H12N2O3/c15-9-3-4-11-12(8-9)14(18)16(13(11)17)6-5-10-2-1-7-19-10/h1-4,7-8H,5-6,15H2. The number of imide groups is 1. The summed E-state index contributed by atoms with van der Waals surface area (Å²) in [5.41, 5.74) is 6.91. The van der Waals surface area contributed by atoms with Gasteiger partial charge in [-0.25, -0.2) is 0 Å². The minimum absolute atomic E-state index is 0.272. The van der Waals surface area contributed by atoms with Crippen molar-refractivity contribution in [2.24, 2.45) is 0 Å². The van der Waals surface area contributed by atoms with Crippen molar-refractivity contribution in [3.8, 4) is 0 Å². The van der Waals surface area contributed by atoms with Crippen LogP contribution in [0, 0.1) is 0 Å². The van der Waals surface area contributed by atoms with E-state index in [1.54, 1.807) is 30.5 Å². The Morgan fingerprint density at radius 2 is 1.89 bits per heavy atom. The Morgan fingerprint density at radius 1 is 1.11 bits per heavy atom. The van der Waals surface area contributed by atoms with Gasteiger partial charge in [-0.2, -0.15) is 0 Å².